The first kappa shape index (κ1) is 16.7. The van der Waals surface area contributed by atoms with Gasteiger partial charge in [-0.25, -0.2) is 4.79 Å². The van der Waals surface area contributed by atoms with Crippen LogP contribution in [0.5, 0.6) is 0 Å². The highest BCUT2D eigenvalue weighted by Crippen LogP contribution is 2.03. The van der Waals surface area contributed by atoms with E-state index < -0.39 is 5.97 Å². The van der Waals surface area contributed by atoms with Gasteiger partial charge in [0.05, 0.1) is 12.6 Å². The lowest BCUT2D eigenvalue weighted by molar-refractivity contribution is -0.137. The van der Waals surface area contributed by atoms with Gasteiger partial charge < -0.3 is 20.1 Å². The maximum absolute atomic E-state index is 11.8. The summed E-state index contributed by atoms with van der Waals surface area (Å²) in [6.45, 7) is 4.91. The Hall–Kier alpha value is -1.30. The minimum Gasteiger partial charge on any atom is -0.481 e. The summed E-state index contributed by atoms with van der Waals surface area (Å²) >= 11 is 0. The molecule has 0 spiro atoms. The summed E-state index contributed by atoms with van der Waals surface area (Å²) in [4.78, 5) is 23.7. The minimum atomic E-state index is -0.844. The Balaban J connectivity index is 4.07. The van der Waals surface area contributed by atoms with E-state index in [9.17, 15) is 9.59 Å². The van der Waals surface area contributed by atoms with Crippen LogP contribution in [0.4, 0.5) is 4.79 Å². The van der Waals surface area contributed by atoms with Crippen LogP contribution in [-0.2, 0) is 9.53 Å². The summed E-state index contributed by atoms with van der Waals surface area (Å²) in [7, 11) is 3.25. The van der Waals surface area contributed by atoms with Crippen LogP contribution in [-0.4, -0.2) is 55.4 Å². The number of urea groups is 1. The first-order chi connectivity index (χ1) is 8.38. The van der Waals surface area contributed by atoms with Crippen molar-refractivity contribution in [3.63, 3.8) is 0 Å². The van der Waals surface area contributed by atoms with Crippen molar-refractivity contribution in [1.82, 2.24) is 10.2 Å². The van der Waals surface area contributed by atoms with Gasteiger partial charge in [0.1, 0.15) is 0 Å². The lowest BCUT2D eigenvalue weighted by Crippen LogP contribution is -2.47. The molecule has 0 aliphatic carbocycles. The molecule has 0 aromatic heterocycles. The number of carboxylic acid groups (broad SMARTS) is 1. The average molecular weight is 260 g/mol. The van der Waals surface area contributed by atoms with Crippen molar-refractivity contribution in [1.29, 1.82) is 0 Å². The zero-order valence-corrected chi connectivity index (χ0v) is 11.6. The molecule has 0 aromatic carbocycles. The number of carbonyl (C=O) groups excluding carboxylic acids is 1. The van der Waals surface area contributed by atoms with Gasteiger partial charge in [0.2, 0.25) is 0 Å². The molecule has 0 aromatic rings. The molecule has 1 atom stereocenters. The molecule has 0 rings (SSSR count). The second-order valence-electron chi connectivity index (χ2n) is 4.67. The number of nitrogens with zero attached hydrogens (tertiary/aromatic N) is 1. The third-order valence-corrected chi connectivity index (χ3v) is 2.69. The quantitative estimate of drug-likeness (QED) is 0.686. The lowest BCUT2D eigenvalue weighted by Gasteiger charge is -2.25. The number of aliphatic carboxylic acids is 1. The molecule has 6 heteroatoms. The van der Waals surface area contributed by atoms with Crippen molar-refractivity contribution in [3.05, 3.63) is 0 Å². The summed E-state index contributed by atoms with van der Waals surface area (Å²) in [5, 5.41) is 11.4. The van der Waals surface area contributed by atoms with Gasteiger partial charge in [-0.2, -0.15) is 0 Å². The molecular formula is C12H24N2O4. The molecule has 0 heterocycles. The smallest absolute Gasteiger partial charge is 0.317 e. The maximum Gasteiger partial charge on any atom is 0.317 e. The second kappa shape index (κ2) is 8.74. The number of hydrogen-bond acceptors (Lipinski definition) is 3. The molecule has 2 amide bonds. The largest absolute Gasteiger partial charge is 0.481 e. The molecular weight excluding hydrogens is 236 g/mol. The Morgan fingerprint density at radius 1 is 1.39 bits per heavy atom. The van der Waals surface area contributed by atoms with Crippen molar-refractivity contribution >= 4 is 12.0 Å². The fourth-order valence-electron chi connectivity index (χ4n) is 1.42. The van der Waals surface area contributed by atoms with Crippen LogP contribution in [0, 0.1) is 5.92 Å². The van der Waals surface area contributed by atoms with Crippen molar-refractivity contribution in [2.45, 2.75) is 32.7 Å². The van der Waals surface area contributed by atoms with E-state index in [0.717, 1.165) is 0 Å². The molecule has 0 bridgehead atoms. The van der Waals surface area contributed by atoms with Gasteiger partial charge in [-0.3, -0.25) is 4.79 Å². The number of carboxylic acids is 1. The van der Waals surface area contributed by atoms with Crippen LogP contribution >= 0.6 is 0 Å². The first-order valence-electron chi connectivity index (χ1n) is 6.10. The lowest BCUT2D eigenvalue weighted by atomic mass is 10.1. The summed E-state index contributed by atoms with van der Waals surface area (Å²) in [5.74, 6) is -0.565. The Morgan fingerprint density at radius 3 is 2.44 bits per heavy atom. The van der Waals surface area contributed by atoms with Gasteiger partial charge >= 0.3 is 12.0 Å². The van der Waals surface area contributed by atoms with E-state index in [2.05, 4.69) is 5.32 Å². The van der Waals surface area contributed by atoms with E-state index in [4.69, 9.17) is 9.84 Å². The number of ether oxygens (including phenoxy) is 1. The van der Waals surface area contributed by atoms with Crippen LogP contribution in [0.3, 0.4) is 0 Å². The number of amides is 2. The van der Waals surface area contributed by atoms with E-state index in [0.29, 0.717) is 19.6 Å². The summed E-state index contributed by atoms with van der Waals surface area (Å²) in [6, 6.07) is -0.236. The number of hydrogen-bond donors (Lipinski definition) is 2. The summed E-state index contributed by atoms with van der Waals surface area (Å²) in [6.07, 6.45) is 0.527. The maximum atomic E-state index is 11.8. The molecule has 1 unspecified atom stereocenters. The molecule has 18 heavy (non-hydrogen) atoms. The van der Waals surface area contributed by atoms with Gasteiger partial charge in [-0.15, -0.1) is 0 Å². The Kier molecular flexibility index (Phi) is 8.11. The van der Waals surface area contributed by atoms with Crippen LogP contribution in [0.25, 0.3) is 0 Å². The fourth-order valence-corrected chi connectivity index (χ4v) is 1.42. The van der Waals surface area contributed by atoms with Gasteiger partial charge in [0.15, 0.2) is 0 Å². The zero-order chi connectivity index (χ0) is 14.1. The monoisotopic (exact) mass is 260 g/mol. The number of methoxy groups -OCH3 is 1. The number of rotatable bonds is 8. The minimum absolute atomic E-state index is 0.0376. The van der Waals surface area contributed by atoms with E-state index in [1.165, 1.54) is 4.90 Å². The third-order valence-electron chi connectivity index (χ3n) is 2.69. The normalized spacial score (nSPS) is 12.3. The van der Waals surface area contributed by atoms with Crippen molar-refractivity contribution in [3.8, 4) is 0 Å². The molecule has 0 aliphatic rings. The predicted octanol–water partition coefficient (Wildman–Crippen LogP) is 1.16. The molecule has 2 N–H and O–H groups in total. The SMILES string of the molecule is COCC(NC(=O)N(C)CCCC(=O)O)C(C)C. The molecule has 0 fully saturated rings. The summed E-state index contributed by atoms with van der Waals surface area (Å²) < 4.78 is 5.05. The van der Waals surface area contributed by atoms with Crippen molar-refractivity contribution in [2.24, 2.45) is 5.92 Å². The predicted molar refractivity (Wildman–Crippen MR) is 68.5 cm³/mol. The number of carbonyl (C=O) groups is 2. The summed E-state index contributed by atoms with van der Waals surface area (Å²) in [5.41, 5.74) is 0. The van der Waals surface area contributed by atoms with Gasteiger partial charge in [-0.1, -0.05) is 13.8 Å². The zero-order valence-electron chi connectivity index (χ0n) is 11.6. The van der Waals surface area contributed by atoms with Crippen LogP contribution in [0.2, 0.25) is 0 Å². The van der Waals surface area contributed by atoms with Crippen molar-refractivity contribution in [2.75, 3.05) is 27.3 Å². The van der Waals surface area contributed by atoms with Gasteiger partial charge in [-0.05, 0) is 12.3 Å². The molecule has 0 saturated carbocycles. The third kappa shape index (κ3) is 7.11. The van der Waals surface area contributed by atoms with E-state index >= 15 is 0 Å². The molecule has 106 valence electrons. The first-order valence-corrected chi connectivity index (χ1v) is 6.10. The Labute approximate surface area is 108 Å². The van der Waals surface area contributed by atoms with E-state index in [1.54, 1.807) is 14.2 Å². The van der Waals surface area contributed by atoms with Crippen LogP contribution in [0.1, 0.15) is 26.7 Å². The van der Waals surface area contributed by atoms with Crippen LogP contribution < -0.4 is 5.32 Å². The second-order valence-corrected chi connectivity index (χ2v) is 4.67. The fraction of sp³-hybridized carbons (Fsp3) is 0.833. The van der Waals surface area contributed by atoms with E-state index in [1.807, 2.05) is 13.8 Å². The van der Waals surface area contributed by atoms with Gasteiger partial charge in [0, 0.05) is 27.1 Å². The standard InChI is InChI=1S/C12H24N2O4/c1-9(2)10(8-18-4)13-12(17)14(3)7-5-6-11(15)16/h9-10H,5-8H2,1-4H3,(H,13,17)(H,15,16). The number of nitrogens with one attached hydrogen (secondary N) is 1. The Bertz CT molecular complexity index is 269. The molecule has 6 nitrogen and oxygen atoms in total. The molecule has 0 aliphatic heterocycles. The van der Waals surface area contributed by atoms with Gasteiger partial charge in [0.25, 0.3) is 0 Å². The highest BCUT2D eigenvalue weighted by Gasteiger charge is 2.18. The van der Waals surface area contributed by atoms with Crippen LogP contribution in [0.15, 0.2) is 0 Å². The van der Waals surface area contributed by atoms with E-state index in [-0.39, 0.29) is 24.4 Å². The Morgan fingerprint density at radius 2 is 2.00 bits per heavy atom. The molecule has 0 radical (unpaired) electrons. The molecule has 0 saturated heterocycles. The highest BCUT2D eigenvalue weighted by molar-refractivity contribution is 5.74. The average Bonchev–Trinajstić information content (AvgIpc) is 2.27. The topological polar surface area (TPSA) is 78.9 Å². The highest BCUT2D eigenvalue weighted by atomic mass is 16.5. The van der Waals surface area contributed by atoms with Crippen molar-refractivity contribution < 1.29 is 19.4 Å².